The number of para-hydroxylation sites is 2. The molecule has 12 nitrogen and oxygen atoms in total. The van der Waals surface area contributed by atoms with Crippen LogP contribution in [0.4, 0.5) is 48.6 Å². The average Bonchev–Trinajstić information content (AvgIpc) is 3.46. The van der Waals surface area contributed by atoms with E-state index in [1.807, 2.05) is 61.5 Å². The Bertz CT molecular complexity index is 3250. The first-order valence-corrected chi connectivity index (χ1v) is 26.1. The van der Waals surface area contributed by atoms with Gasteiger partial charge in [0.05, 0.1) is 109 Å². The van der Waals surface area contributed by atoms with Gasteiger partial charge in [-0.3, -0.25) is 0 Å². The fraction of sp³-hybridized carbons (Fsp3) is 0.300. The monoisotopic (exact) mass is 1030 g/mol. The number of fused-ring (bicyclic) bond motifs is 2. The molecule has 15 heteroatoms. The highest BCUT2D eigenvalue weighted by Crippen LogP contribution is 2.40. The quantitative estimate of drug-likeness (QED) is 0.141. The third-order valence-corrected chi connectivity index (χ3v) is 14.6. The molecule has 2 aromatic heterocycles. The normalized spacial score (nSPS) is 16.0. The van der Waals surface area contributed by atoms with E-state index >= 15 is 0 Å². The lowest BCUT2D eigenvalue weighted by Crippen LogP contribution is -2.37. The number of hydrogen-bond donors (Lipinski definition) is 2. The van der Waals surface area contributed by atoms with Crippen LogP contribution < -0.4 is 30.7 Å². The van der Waals surface area contributed by atoms with Crippen molar-refractivity contribution >= 4 is 73.2 Å². The van der Waals surface area contributed by atoms with Crippen LogP contribution >= 0.6 is 11.6 Å². The van der Waals surface area contributed by atoms with Crippen molar-refractivity contribution in [1.29, 1.82) is 0 Å². The third-order valence-electron chi connectivity index (χ3n) is 14.1. The number of nitrogen functional groups attached to an aromatic ring is 1. The highest BCUT2D eigenvalue weighted by molar-refractivity contribution is 6.36. The standard InChI is InChI=1S/C30H31FN4O2.C16H11ClFN.C14H21N3O2/c1-21-29(22-5-4-6-23(31)19-22)32-26-8-3-2-7-25(26)30(21)33-27-20-24(34-11-15-36-16-12-34)9-10-28(27)35-13-17-37-18-14-35;1-10-15(17)13-7-2-3-8-14(13)19-16(10)11-5-4-6-12(18)9-11;15-13-11-12(16-3-7-18-8-4-16)1-2-14(13)17-5-9-19-10-6-17/h2-10,19-20H,11-18H2,1H3,(H,32,33);2-9H,1H3;1-2,11H,3-10,15H2. The number of nitrogens with two attached hydrogens (primary N) is 1. The third kappa shape index (κ3) is 12.1. The van der Waals surface area contributed by atoms with Crippen molar-refractivity contribution in [1.82, 2.24) is 9.97 Å². The molecule has 388 valence electrons. The second-order valence-electron chi connectivity index (χ2n) is 18.9. The maximum Gasteiger partial charge on any atom is 0.123 e. The van der Waals surface area contributed by atoms with E-state index < -0.39 is 0 Å². The summed E-state index contributed by atoms with van der Waals surface area (Å²) in [7, 11) is 0. The smallest absolute Gasteiger partial charge is 0.123 e. The molecule has 0 aliphatic carbocycles. The molecule has 6 heterocycles. The average molecular weight is 1030 g/mol. The fourth-order valence-electron chi connectivity index (χ4n) is 10.1. The van der Waals surface area contributed by atoms with E-state index in [4.69, 9.17) is 41.3 Å². The van der Waals surface area contributed by atoms with E-state index in [-0.39, 0.29) is 11.6 Å². The van der Waals surface area contributed by atoms with Gasteiger partial charge in [-0.15, -0.1) is 0 Å². The number of ether oxygens (including phenoxy) is 4. The lowest BCUT2D eigenvalue weighted by Gasteiger charge is -2.33. The Balaban J connectivity index is 0.000000142. The molecule has 75 heavy (non-hydrogen) atoms. The number of nitrogens with one attached hydrogen (secondary N) is 1. The zero-order valence-corrected chi connectivity index (χ0v) is 43.3. The van der Waals surface area contributed by atoms with E-state index in [0.717, 1.165) is 176 Å². The minimum Gasteiger partial charge on any atom is -0.397 e. The van der Waals surface area contributed by atoms with Crippen molar-refractivity contribution in [3.05, 3.63) is 161 Å². The Hall–Kier alpha value is -7.07. The number of halogens is 3. The zero-order chi connectivity index (χ0) is 51.7. The minimum absolute atomic E-state index is 0.269. The van der Waals surface area contributed by atoms with Crippen LogP contribution in [0, 0.1) is 25.5 Å². The molecule has 12 rings (SSSR count). The topological polar surface area (TPSA) is 114 Å². The number of hydrogen-bond acceptors (Lipinski definition) is 12. The molecule has 0 amide bonds. The minimum atomic E-state index is -0.275. The molecule has 0 unspecified atom stereocenters. The predicted molar refractivity (Wildman–Crippen MR) is 301 cm³/mol. The van der Waals surface area contributed by atoms with Crippen LogP contribution in [0.3, 0.4) is 0 Å². The number of benzene rings is 6. The molecule has 3 N–H and O–H groups in total. The summed E-state index contributed by atoms with van der Waals surface area (Å²) in [5, 5.41) is 6.43. The van der Waals surface area contributed by atoms with Crippen LogP contribution in [0.25, 0.3) is 44.3 Å². The van der Waals surface area contributed by atoms with E-state index in [0.29, 0.717) is 18.2 Å². The molecule has 6 aromatic carbocycles. The molecule has 0 atom stereocenters. The Morgan fingerprint density at radius 2 is 0.920 bits per heavy atom. The summed E-state index contributed by atoms with van der Waals surface area (Å²) < 4.78 is 49.4. The Kier molecular flexibility index (Phi) is 16.5. The number of anilines is 7. The zero-order valence-electron chi connectivity index (χ0n) is 42.5. The predicted octanol–water partition coefficient (Wildman–Crippen LogP) is 11.7. The summed E-state index contributed by atoms with van der Waals surface area (Å²) in [6.07, 6.45) is 0. The van der Waals surface area contributed by atoms with Crippen molar-refractivity contribution in [2.75, 3.05) is 136 Å². The summed E-state index contributed by atoms with van der Waals surface area (Å²) >= 11 is 6.39. The number of aromatic nitrogens is 2. The molecule has 4 fully saturated rings. The van der Waals surface area contributed by atoms with Crippen molar-refractivity contribution in [2.45, 2.75) is 13.8 Å². The Labute approximate surface area is 442 Å². The number of rotatable bonds is 8. The van der Waals surface area contributed by atoms with Crippen molar-refractivity contribution in [3.63, 3.8) is 0 Å². The van der Waals surface area contributed by atoms with Gasteiger partial charge in [0.2, 0.25) is 0 Å². The molecule has 0 radical (unpaired) electrons. The van der Waals surface area contributed by atoms with Gasteiger partial charge in [0, 0.05) is 85.6 Å². The lowest BCUT2D eigenvalue weighted by atomic mass is 10.0. The highest BCUT2D eigenvalue weighted by Gasteiger charge is 2.22. The molecule has 0 saturated carbocycles. The van der Waals surface area contributed by atoms with Crippen molar-refractivity contribution in [2.24, 2.45) is 0 Å². The summed E-state index contributed by atoms with van der Waals surface area (Å²) in [5.41, 5.74) is 20.3. The van der Waals surface area contributed by atoms with Crippen LogP contribution in [-0.4, -0.2) is 115 Å². The van der Waals surface area contributed by atoms with Crippen LogP contribution in [0.15, 0.2) is 133 Å². The Morgan fingerprint density at radius 3 is 1.44 bits per heavy atom. The fourth-order valence-corrected chi connectivity index (χ4v) is 10.3. The molecular weight excluding hydrogens is 970 g/mol. The highest BCUT2D eigenvalue weighted by atomic mass is 35.5. The van der Waals surface area contributed by atoms with Crippen LogP contribution in [0.5, 0.6) is 0 Å². The maximum atomic E-state index is 14.2. The number of morpholine rings is 4. The maximum absolute atomic E-state index is 14.2. The van der Waals surface area contributed by atoms with Gasteiger partial charge < -0.3 is 49.6 Å². The largest absolute Gasteiger partial charge is 0.397 e. The second kappa shape index (κ2) is 24.1. The Morgan fingerprint density at radius 1 is 0.480 bits per heavy atom. The lowest BCUT2D eigenvalue weighted by molar-refractivity contribution is 0.122. The summed E-state index contributed by atoms with van der Waals surface area (Å²) in [4.78, 5) is 18.9. The molecule has 8 aromatic rings. The summed E-state index contributed by atoms with van der Waals surface area (Å²) in [5.74, 6) is -0.544. The molecule has 0 spiro atoms. The number of nitrogens with zero attached hydrogens (tertiary/aromatic N) is 6. The SMILES string of the molecule is Cc1c(-c2cccc(F)c2)nc2ccccc2c1Cl.Cc1c(-c2cccc(F)c2)nc2ccccc2c1Nc1cc(N2CCOCC2)ccc1N1CCOCC1.Nc1cc(N2CCOCC2)ccc1N1CCOCC1. The van der Waals surface area contributed by atoms with Gasteiger partial charge in [-0.1, -0.05) is 72.3 Å². The molecule has 0 bridgehead atoms. The van der Waals surface area contributed by atoms with E-state index in [1.54, 1.807) is 18.2 Å². The first-order valence-electron chi connectivity index (χ1n) is 25.8. The first-order chi connectivity index (χ1) is 36.7. The van der Waals surface area contributed by atoms with Crippen molar-refractivity contribution in [3.8, 4) is 22.5 Å². The van der Waals surface area contributed by atoms with Gasteiger partial charge in [0.1, 0.15) is 11.6 Å². The van der Waals surface area contributed by atoms with Gasteiger partial charge in [-0.05, 0) is 97.8 Å². The molecule has 4 aliphatic rings. The van der Waals surface area contributed by atoms with E-state index in [2.05, 4.69) is 79.3 Å². The van der Waals surface area contributed by atoms with Crippen LogP contribution in [0.2, 0.25) is 5.02 Å². The van der Waals surface area contributed by atoms with E-state index in [9.17, 15) is 8.78 Å². The first kappa shape index (κ1) is 51.4. The molecule has 4 saturated heterocycles. The van der Waals surface area contributed by atoms with Gasteiger partial charge in [0.15, 0.2) is 0 Å². The van der Waals surface area contributed by atoms with Crippen LogP contribution in [0.1, 0.15) is 11.1 Å². The number of pyridine rings is 2. The van der Waals surface area contributed by atoms with E-state index in [1.165, 1.54) is 29.6 Å². The van der Waals surface area contributed by atoms with Crippen LogP contribution in [-0.2, 0) is 18.9 Å². The molecule has 4 aliphatic heterocycles. The summed E-state index contributed by atoms with van der Waals surface area (Å²) in [6.45, 7) is 17.2. The van der Waals surface area contributed by atoms with Gasteiger partial charge >= 0.3 is 0 Å². The second-order valence-corrected chi connectivity index (χ2v) is 19.3. The van der Waals surface area contributed by atoms with Gasteiger partial charge in [0.25, 0.3) is 0 Å². The molecular formula is C60H63ClF2N8O4. The summed E-state index contributed by atoms with van der Waals surface area (Å²) in [6, 6.07) is 41.9. The van der Waals surface area contributed by atoms with Gasteiger partial charge in [-0.25, -0.2) is 18.7 Å². The van der Waals surface area contributed by atoms with Crippen molar-refractivity contribution < 1.29 is 27.7 Å². The van der Waals surface area contributed by atoms with Gasteiger partial charge in [-0.2, -0.15) is 0 Å².